The number of nitrogens with one attached hydrogen (secondary N) is 1. The van der Waals surface area contributed by atoms with Gasteiger partial charge in [-0.25, -0.2) is 0 Å². The van der Waals surface area contributed by atoms with E-state index in [9.17, 15) is 14.4 Å². The Kier molecular flexibility index (Phi) is 3.66. The number of amides is 2. The first kappa shape index (κ1) is 14.3. The third kappa shape index (κ3) is 2.59. The zero-order valence-electron chi connectivity index (χ0n) is 12.2. The highest BCUT2D eigenvalue weighted by Gasteiger charge is 2.28. The highest BCUT2D eigenvalue weighted by atomic mass is 16.5. The van der Waals surface area contributed by atoms with Crippen LogP contribution < -0.4 is 4.74 Å². The normalized spacial score (nSPS) is 14.9. The number of rotatable bonds is 4. The van der Waals surface area contributed by atoms with Crippen molar-refractivity contribution in [3.8, 4) is 5.75 Å². The van der Waals surface area contributed by atoms with E-state index in [0.29, 0.717) is 31.6 Å². The molecule has 1 aliphatic heterocycles. The molecule has 2 heterocycles. The fourth-order valence-corrected chi connectivity index (χ4v) is 2.76. The Balaban J connectivity index is 1.86. The van der Waals surface area contributed by atoms with Gasteiger partial charge < -0.3 is 9.72 Å². The van der Waals surface area contributed by atoms with Crippen molar-refractivity contribution in [3.63, 3.8) is 0 Å². The van der Waals surface area contributed by atoms with Crippen molar-refractivity contribution < 1.29 is 19.1 Å². The highest BCUT2D eigenvalue weighted by molar-refractivity contribution is 6.02. The maximum absolute atomic E-state index is 11.6. The van der Waals surface area contributed by atoms with E-state index in [1.165, 1.54) is 11.8 Å². The number of hydrogen-bond donors (Lipinski definition) is 1. The van der Waals surface area contributed by atoms with Crippen molar-refractivity contribution in [2.24, 2.45) is 0 Å². The van der Waals surface area contributed by atoms with Crippen LogP contribution in [-0.4, -0.2) is 34.2 Å². The molecule has 2 aromatic rings. The molecule has 1 N–H and O–H groups in total. The maximum Gasteiger partial charge on any atom is 0.308 e. The summed E-state index contributed by atoms with van der Waals surface area (Å²) in [7, 11) is 0. The molecule has 0 saturated carbocycles. The van der Waals surface area contributed by atoms with E-state index in [1.54, 1.807) is 12.1 Å². The lowest BCUT2D eigenvalue weighted by molar-refractivity contribution is -0.138. The fraction of sp³-hybridized carbons (Fsp3) is 0.312. The molecule has 0 spiro atoms. The Labute approximate surface area is 127 Å². The Morgan fingerprint density at radius 2 is 2.00 bits per heavy atom. The molecule has 1 aliphatic rings. The van der Waals surface area contributed by atoms with Crippen LogP contribution in [0.4, 0.5) is 0 Å². The number of nitrogens with zero attached hydrogens (tertiary/aromatic N) is 1. The van der Waals surface area contributed by atoms with Crippen LogP contribution in [0.3, 0.4) is 0 Å². The number of imide groups is 1. The number of ether oxygens (including phenoxy) is 1. The van der Waals surface area contributed by atoms with Crippen LogP contribution in [0, 0.1) is 0 Å². The smallest absolute Gasteiger partial charge is 0.308 e. The van der Waals surface area contributed by atoms with Gasteiger partial charge in [0.15, 0.2) is 0 Å². The van der Waals surface area contributed by atoms with Crippen LogP contribution in [0.1, 0.15) is 25.3 Å². The standard InChI is InChI=1S/C16H16N2O4/c1-10(19)22-13-4-2-3-12-16(13)11(9-17-12)7-8-18-14(20)5-6-15(18)21/h2-4,9,17H,5-8H2,1H3. The van der Waals surface area contributed by atoms with Gasteiger partial charge in [0.05, 0.1) is 0 Å². The third-order valence-corrected chi connectivity index (χ3v) is 3.76. The molecule has 1 saturated heterocycles. The summed E-state index contributed by atoms with van der Waals surface area (Å²) >= 11 is 0. The summed E-state index contributed by atoms with van der Waals surface area (Å²) in [5, 5.41) is 0.816. The van der Waals surface area contributed by atoms with Crippen LogP contribution in [0.5, 0.6) is 5.75 Å². The maximum atomic E-state index is 11.6. The largest absolute Gasteiger partial charge is 0.426 e. The molecule has 3 rings (SSSR count). The predicted octanol–water partition coefficient (Wildman–Crippen LogP) is 1.78. The summed E-state index contributed by atoms with van der Waals surface area (Å²) in [6, 6.07) is 5.42. The van der Waals surface area contributed by atoms with E-state index in [-0.39, 0.29) is 17.8 Å². The van der Waals surface area contributed by atoms with E-state index in [4.69, 9.17) is 4.74 Å². The molecule has 6 heteroatoms. The molecular formula is C16H16N2O4. The van der Waals surface area contributed by atoms with Gasteiger partial charge in [-0.3, -0.25) is 19.3 Å². The van der Waals surface area contributed by atoms with Crippen LogP contribution in [-0.2, 0) is 20.8 Å². The van der Waals surface area contributed by atoms with Gasteiger partial charge in [-0.05, 0) is 24.1 Å². The second-order valence-electron chi connectivity index (χ2n) is 5.28. The topological polar surface area (TPSA) is 79.5 Å². The first-order chi connectivity index (χ1) is 10.6. The average Bonchev–Trinajstić information content (AvgIpc) is 3.02. The van der Waals surface area contributed by atoms with Gasteiger partial charge in [-0.2, -0.15) is 0 Å². The number of carbonyl (C=O) groups is 3. The van der Waals surface area contributed by atoms with E-state index in [0.717, 1.165) is 16.5 Å². The van der Waals surface area contributed by atoms with Gasteiger partial charge in [-0.15, -0.1) is 0 Å². The first-order valence-corrected chi connectivity index (χ1v) is 7.17. The minimum Gasteiger partial charge on any atom is -0.426 e. The predicted molar refractivity (Wildman–Crippen MR) is 79.3 cm³/mol. The van der Waals surface area contributed by atoms with Crippen molar-refractivity contribution in [1.29, 1.82) is 0 Å². The van der Waals surface area contributed by atoms with Gasteiger partial charge in [0.2, 0.25) is 11.8 Å². The summed E-state index contributed by atoms with van der Waals surface area (Å²) in [4.78, 5) is 38.9. The zero-order chi connectivity index (χ0) is 15.7. The van der Waals surface area contributed by atoms with Gasteiger partial charge in [-0.1, -0.05) is 6.07 Å². The molecule has 0 bridgehead atoms. The number of H-pyrrole nitrogens is 1. The Morgan fingerprint density at radius 3 is 2.68 bits per heavy atom. The minimum atomic E-state index is -0.385. The van der Waals surface area contributed by atoms with E-state index in [1.807, 2.05) is 12.3 Å². The number of benzene rings is 1. The zero-order valence-corrected chi connectivity index (χ0v) is 12.2. The SMILES string of the molecule is CC(=O)Oc1cccc2[nH]cc(CCN3C(=O)CCC3=O)c12. The molecule has 1 fully saturated rings. The van der Waals surface area contributed by atoms with Gasteiger partial charge in [0.1, 0.15) is 5.75 Å². The van der Waals surface area contributed by atoms with Crippen molar-refractivity contribution in [2.45, 2.75) is 26.2 Å². The van der Waals surface area contributed by atoms with Crippen molar-refractivity contribution in [1.82, 2.24) is 9.88 Å². The van der Waals surface area contributed by atoms with Crippen molar-refractivity contribution >= 4 is 28.7 Å². The lowest BCUT2D eigenvalue weighted by Crippen LogP contribution is -2.31. The summed E-state index contributed by atoms with van der Waals surface area (Å²) < 4.78 is 5.23. The average molecular weight is 300 g/mol. The Bertz CT molecular complexity index is 747. The van der Waals surface area contributed by atoms with Crippen molar-refractivity contribution in [3.05, 3.63) is 30.0 Å². The monoisotopic (exact) mass is 300 g/mol. The van der Waals surface area contributed by atoms with E-state index >= 15 is 0 Å². The molecule has 0 radical (unpaired) electrons. The van der Waals surface area contributed by atoms with Gasteiger partial charge >= 0.3 is 5.97 Å². The number of likely N-dealkylation sites (tertiary alicyclic amines) is 1. The number of esters is 1. The fourth-order valence-electron chi connectivity index (χ4n) is 2.76. The van der Waals surface area contributed by atoms with Crippen LogP contribution in [0.15, 0.2) is 24.4 Å². The lowest BCUT2D eigenvalue weighted by atomic mass is 10.1. The molecule has 1 aromatic heterocycles. The molecule has 114 valence electrons. The molecule has 2 amide bonds. The van der Waals surface area contributed by atoms with Gasteiger partial charge in [0.25, 0.3) is 0 Å². The van der Waals surface area contributed by atoms with Crippen LogP contribution >= 0.6 is 0 Å². The number of aromatic nitrogens is 1. The molecule has 0 atom stereocenters. The molecule has 0 aliphatic carbocycles. The number of hydrogen-bond acceptors (Lipinski definition) is 4. The van der Waals surface area contributed by atoms with Crippen LogP contribution in [0.2, 0.25) is 0 Å². The summed E-state index contributed by atoms with van der Waals surface area (Å²) in [5.74, 6) is -0.139. The molecule has 6 nitrogen and oxygen atoms in total. The van der Waals surface area contributed by atoms with Gasteiger partial charge in [0, 0.05) is 43.4 Å². The Morgan fingerprint density at radius 1 is 1.27 bits per heavy atom. The molecule has 1 aromatic carbocycles. The molecule has 0 unspecified atom stereocenters. The van der Waals surface area contributed by atoms with E-state index in [2.05, 4.69) is 4.98 Å². The summed E-state index contributed by atoms with van der Waals surface area (Å²) in [5.41, 5.74) is 1.77. The third-order valence-electron chi connectivity index (χ3n) is 3.76. The quantitative estimate of drug-likeness (QED) is 0.530. The summed E-state index contributed by atoms with van der Waals surface area (Å²) in [6.07, 6.45) is 2.94. The summed E-state index contributed by atoms with van der Waals surface area (Å²) in [6.45, 7) is 1.70. The van der Waals surface area contributed by atoms with E-state index < -0.39 is 0 Å². The van der Waals surface area contributed by atoms with Crippen molar-refractivity contribution in [2.75, 3.05) is 6.54 Å². The second kappa shape index (κ2) is 5.63. The second-order valence-corrected chi connectivity index (χ2v) is 5.28. The number of carbonyl (C=O) groups excluding carboxylic acids is 3. The number of aromatic amines is 1. The van der Waals surface area contributed by atoms with Crippen LogP contribution in [0.25, 0.3) is 10.9 Å². The minimum absolute atomic E-state index is 0.120. The Hall–Kier alpha value is -2.63. The molecule has 22 heavy (non-hydrogen) atoms. The molecular weight excluding hydrogens is 284 g/mol. The lowest BCUT2D eigenvalue weighted by Gasteiger charge is -2.13. The number of fused-ring (bicyclic) bond motifs is 1. The highest BCUT2D eigenvalue weighted by Crippen LogP contribution is 2.29. The first-order valence-electron chi connectivity index (χ1n) is 7.17.